The average Bonchev–Trinajstić information content (AvgIpc) is 2.51. The van der Waals surface area contributed by atoms with Crippen LogP contribution in [0.4, 0.5) is 11.4 Å². The molecule has 0 aromatic heterocycles. The fraction of sp³-hybridized carbons (Fsp3) is 0.368. The van der Waals surface area contributed by atoms with Crippen LogP contribution >= 0.6 is 0 Å². The number of hydrogen-bond donors (Lipinski definition) is 2. The first kappa shape index (κ1) is 17.0. The Hall–Kier alpha value is -2.36. The topological polar surface area (TPSA) is 70.5 Å². The molecule has 0 spiro atoms. The number of nitrogen functional groups attached to an aromatic ring is 2. The standard InChI is InChI=1S/C19H26N2O2/c1-15(23-19-11-6-9-17(21)14-19)7-3-2-4-12-22-18-10-5-8-16(20)13-18/h5-6,8-11,13-15H,2-4,7,12,20-21H2,1H3. The van der Waals surface area contributed by atoms with E-state index in [1.54, 1.807) is 0 Å². The summed E-state index contributed by atoms with van der Waals surface area (Å²) in [4.78, 5) is 0. The molecule has 0 aliphatic heterocycles. The maximum atomic E-state index is 5.86. The van der Waals surface area contributed by atoms with Crippen LogP contribution in [0.2, 0.25) is 0 Å². The predicted octanol–water partition coefficient (Wildman–Crippen LogP) is 4.26. The summed E-state index contributed by atoms with van der Waals surface area (Å²) >= 11 is 0. The summed E-state index contributed by atoms with van der Waals surface area (Å²) in [5.41, 5.74) is 12.9. The minimum Gasteiger partial charge on any atom is -0.494 e. The summed E-state index contributed by atoms with van der Waals surface area (Å²) < 4.78 is 11.5. The van der Waals surface area contributed by atoms with Crippen LogP contribution in [-0.2, 0) is 0 Å². The Labute approximate surface area is 138 Å². The van der Waals surface area contributed by atoms with Crippen molar-refractivity contribution in [1.29, 1.82) is 0 Å². The second kappa shape index (κ2) is 8.93. The lowest BCUT2D eigenvalue weighted by atomic mass is 10.1. The number of hydrogen-bond acceptors (Lipinski definition) is 4. The molecule has 4 N–H and O–H groups in total. The van der Waals surface area contributed by atoms with Crippen molar-refractivity contribution >= 4 is 11.4 Å². The fourth-order valence-corrected chi connectivity index (χ4v) is 2.38. The lowest BCUT2D eigenvalue weighted by Gasteiger charge is -2.15. The molecule has 0 radical (unpaired) electrons. The van der Waals surface area contributed by atoms with Crippen molar-refractivity contribution in [1.82, 2.24) is 0 Å². The third kappa shape index (κ3) is 6.51. The minimum absolute atomic E-state index is 0.187. The zero-order chi connectivity index (χ0) is 16.5. The van der Waals surface area contributed by atoms with Gasteiger partial charge in [0.25, 0.3) is 0 Å². The van der Waals surface area contributed by atoms with E-state index in [0.717, 1.165) is 48.6 Å². The Balaban J connectivity index is 1.56. The molecule has 1 atom stereocenters. The fourth-order valence-electron chi connectivity index (χ4n) is 2.38. The van der Waals surface area contributed by atoms with Crippen LogP contribution in [0.5, 0.6) is 11.5 Å². The van der Waals surface area contributed by atoms with Crippen molar-refractivity contribution in [3.63, 3.8) is 0 Å². The number of ether oxygens (including phenoxy) is 2. The van der Waals surface area contributed by atoms with Gasteiger partial charge in [0.2, 0.25) is 0 Å². The van der Waals surface area contributed by atoms with Gasteiger partial charge in [0.05, 0.1) is 12.7 Å². The summed E-state index contributed by atoms with van der Waals surface area (Å²) in [7, 11) is 0. The summed E-state index contributed by atoms with van der Waals surface area (Å²) in [5.74, 6) is 1.67. The van der Waals surface area contributed by atoms with E-state index in [4.69, 9.17) is 20.9 Å². The van der Waals surface area contributed by atoms with Gasteiger partial charge in [-0.3, -0.25) is 0 Å². The largest absolute Gasteiger partial charge is 0.494 e. The van der Waals surface area contributed by atoms with Crippen molar-refractivity contribution < 1.29 is 9.47 Å². The van der Waals surface area contributed by atoms with Crippen LogP contribution in [0.15, 0.2) is 48.5 Å². The molecule has 1 unspecified atom stereocenters. The highest BCUT2D eigenvalue weighted by molar-refractivity contribution is 5.44. The van der Waals surface area contributed by atoms with Crippen LogP contribution in [0.25, 0.3) is 0 Å². The van der Waals surface area contributed by atoms with E-state index >= 15 is 0 Å². The van der Waals surface area contributed by atoms with Crippen LogP contribution in [0, 0.1) is 0 Å². The Bertz CT molecular complexity index is 601. The van der Waals surface area contributed by atoms with E-state index in [-0.39, 0.29) is 6.10 Å². The lowest BCUT2D eigenvalue weighted by Crippen LogP contribution is -2.11. The number of rotatable bonds is 9. The summed E-state index contributed by atoms with van der Waals surface area (Å²) in [6, 6.07) is 15.1. The second-order valence-electron chi connectivity index (χ2n) is 5.77. The van der Waals surface area contributed by atoms with Gasteiger partial charge in [-0.1, -0.05) is 12.1 Å². The Morgan fingerprint density at radius 2 is 1.52 bits per heavy atom. The first-order valence-electron chi connectivity index (χ1n) is 8.14. The predicted molar refractivity (Wildman–Crippen MR) is 95.8 cm³/mol. The molecule has 0 heterocycles. The van der Waals surface area contributed by atoms with E-state index in [1.165, 1.54) is 0 Å². The highest BCUT2D eigenvalue weighted by Gasteiger charge is 2.04. The molecule has 0 aliphatic carbocycles. The first-order valence-corrected chi connectivity index (χ1v) is 8.14. The zero-order valence-electron chi connectivity index (χ0n) is 13.7. The van der Waals surface area contributed by atoms with E-state index in [9.17, 15) is 0 Å². The summed E-state index contributed by atoms with van der Waals surface area (Å²) in [6.45, 7) is 2.81. The molecule has 2 aromatic carbocycles. The number of anilines is 2. The van der Waals surface area contributed by atoms with Gasteiger partial charge in [0.15, 0.2) is 0 Å². The quantitative estimate of drug-likeness (QED) is 0.536. The van der Waals surface area contributed by atoms with E-state index in [2.05, 4.69) is 6.92 Å². The Morgan fingerprint density at radius 1 is 0.870 bits per heavy atom. The molecule has 0 fully saturated rings. The van der Waals surface area contributed by atoms with Crippen LogP contribution in [0.3, 0.4) is 0 Å². The second-order valence-corrected chi connectivity index (χ2v) is 5.77. The zero-order valence-corrected chi connectivity index (χ0v) is 13.7. The molecule has 23 heavy (non-hydrogen) atoms. The van der Waals surface area contributed by atoms with Crippen molar-refractivity contribution in [2.24, 2.45) is 0 Å². The molecule has 0 saturated carbocycles. The lowest BCUT2D eigenvalue weighted by molar-refractivity contribution is 0.204. The molecule has 4 heteroatoms. The summed E-state index contributed by atoms with van der Waals surface area (Å²) in [5, 5.41) is 0. The highest BCUT2D eigenvalue weighted by atomic mass is 16.5. The molecule has 0 saturated heterocycles. The van der Waals surface area contributed by atoms with E-state index in [0.29, 0.717) is 6.61 Å². The number of nitrogens with two attached hydrogens (primary N) is 2. The van der Waals surface area contributed by atoms with Gasteiger partial charge in [-0.05, 0) is 56.9 Å². The van der Waals surface area contributed by atoms with Crippen molar-refractivity contribution in [2.45, 2.75) is 38.7 Å². The third-order valence-electron chi connectivity index (χ3n) is 3.58. The molecule has 0 bridgehead atoms. The van der Waals surface area contributed by atoms with Crippen LogP contribution in [-0.4, -0.2) is 12.7 Å². The molecular weight excluding hydrogens is 288 g/mol. The van der Waals surface area contributed by atoms with Gasteiger partial charge in [-0.25, -0.2) is 0 Å². The first-order chi connectivity index (χ1) is 11.1. The van der Waals surface area contributed by atoms with Gasteiger partial charge < -0.3 is 20.9 Å². The highest BCUT2D eigenvalue weighted by Crippen LogP contribution is 2.18. The van der Waals surface area contributed by atoms with Gasteiger partial charge in [0.1, 0.15) is 11.5 Å². The third-order valence-corrected chi connectivity index (χ3v) is 3.58. The SMILES string of the molecule is CC(CCCCCOc1cccc(N)c1)Oc1cccc(N)c1. The van der Waals surface area contributed by atoms with Crippen molar-refractivity contribution in [3.8, 4) is 11.5 Å². The van der Waals surface area contributed by atoms with E-state index < -0.39 is 0 Å². The maximum absolute atomic E-state index is 5.86. The van der Waals surface area contributed by atoms with Gasteiger partial charge >= 0.3 is 0 Å². The minimum atomic E-state index is 0.187. The van der Waals surface area contributed by atoms with Gasteiger partial charge in [-0.15, -0.1) is 0 Å². The van der Waals surface area contributed by atoms with Crippen molar-refractivity contribution in [3.05, 3.63) is 48.5 Å². The van der Waals surface area contributed by atoms with Crippen molar-refractivity contribution in [2.75, 3.05) is 18.1 Å². The smallest absolute Gasteiger partial charge is 0.121 e. The van der Waals surface area contributed by atoms with Gasteiger partial charge in [-0.2, -0.15) is 0 Å². The normalized spacial score (nSPS) is 11.9. The molecule has 0 aliphatic rings. The molecule has 124 valence electrons. The molecule has 2 aromatic rings. The Morgan fingerprint density at radius 3 is 2.22 bits per heavy atom. The molecular formula is C19H26N2O2. The monoisotopic (exact) mass is 314 g/mol. The van der Waals surface area contributed by atoms with E-state index in [1.807, 2.05) is 48.5 Å². The molecule has 0 amide bonds. The van der Waals surface area contributed by atoms with Gasteiger partial charge in [0, 0.05) is 23.5 Å². The molecule has 4 nitrogen and oxygen atoms in total. The average molecular weight is 314 g/mol. The molecule has 2 rings (SSSR count). The summed E-state index contributed by atoms with van der Waals surface area (Å²) in [6.07, 6.45) is 4.47. The Kier molecular flexibility index (Phi) is 6.60. The number of benzene rings is 2. The van der Waals surface area contributed by atoms with Crippen LogP contribution < -0.4 is 20.9 Å². The van der Waals surface area contributed by atoms with Crippen LogP contribution in [0.1, 0.15) is 32.6 Å². The maximum Gasteiger partial charge on any atom is 0.121 e. The number of unbranched alkanes of at least 4 members (excludes halogenated alkanes) is 2.